The molecule has 0 atom stereocenters. The molecule has 0 unspecified atom stereocenters. The Morgan fingerprint density at radius 3 is 2.89 bits per heavy atom. The van der Waals surface area contributed by atoms with E-state index in [1.165, 1.54) is 6.07 Å². The zero-order valence-electron chi connectivity index (χ0n) is 10.1. The Balaban J connectivity index is 2.58. The van der Waals surface area contributed by atoms with Crippen molar-refractivity contribution in [2.24, 2.45) is 5.92 Å². The summed E-state index contributed by atoms with van der Waals surface area (Å²) in [7, 11) is 0. The van der Waals surface area contributed by atoms with Gasteiger partial charge in [0.2, 0.25) is 0 Å². The van der Waals surface area contributed by atoms with Crippen molar-refractivity contribution in [3.8, 4) is 11.4 Å². The number of benzene rings is 1. The molecule has 0 amide bonds. The van der Waals surface area contributed by atoms with Crippen LogP contribution in [0.5, 0.6) is 0 Å². The Morgan fingerprint density at radius 1 is 1.50 bits per heavy atom. The van der Waals surface area contributed by atoms with E-state index in [1.54, 1.807) is 12.1 Å². The number of rotatable bonds is 3. The van der Waals surface area contributed by atoms with Gasteiger partial charge in [-0.2, -0.15) is 5.10 Å². The lowest BCUT2D eigenvalue weighted by molar-refractivity contribution is 0.521. The van der Waals surface area contributed by atoms with Crippen LogP contribution in [-0.2, 0) is 6.54 Å². The molecule has 0 aliphatic rings. The monoisotopic (exact) mass is 285 g/mol. The summed E-state index contributed by atoms with van der Waals surface area (Å²) < 4.78 is 15.8. The Hall–Kier alpha value is -1.20. The molecule has 96 valence electrons. The molecule has 6 heteroatoms. The molecule has 1 aromatic carbocycles. The first-order chi connectivity index (χ1) is 8.50. The second-order valence-electron chi connectivity index (χ2n) is 4.46. The van der Waals surface area contributed by atoms with Gasteiger partial charge in [-0.05, 0) is 30.3 Å². The average molecular weight is 286 g/mol. The summed E-state index contributed by atoms with van der Waals surface area (Å²) in [6.07, 6.45) is 0. The molecule has 1 heterocycles. The molecule has 0 fully saturated rings. The molecule has 2 rings (SSSR count). The molecule has 0 saturated heterocycles. The standard InChI is InChI=1S/C12H13ClFN3S/c1-7(2)6-17-11(15-16-12(17)18)8-4-3-5-9(14)10(8)13/h3-5,7H,6H2,1-2H3,(H,16,18). The van der Waals surface area contributed by atoms with Crippen molar-refractivity contribution in [3.63, 3.8) is 0 Å². The highest BCUT2D eigenvalue weighted by Gasteiger charge is 2.15. The number of hydrogen-bond donors (Lipinski definition) is 1. The SMILES string of the molecule is CC(C)Cn1c(-c2cccc(F)c2Cl)n[nH]c1=S. The van der Waals surface area contributed by atoms with Crippen molar-refractivity contribution >= 4 is 23.8 Å². The van der Waals surface area contributed by atoms with E-state index in [-0.39, 0.29) is 5.02 Å². The molecule has 18 heavy (non-hydrogen) atoms. The number of hydrogen-bond acceptors (Lipinski definition) is 2. The minimum absolute atomic E-state index is 0.0662. The molecule has 1 aromatic heterocycles. The number of halogens is 2. The summed E-state index contributed by atoms with van der Waals surface area (Å²) in [4.78, 5) is 0. The third kappa shape index (κ3) is 2.47. The summed E-state index contributed by atoms with van der Waals surface area (Å²) in [5.74, 6) is 0.512. The van der Waals surface area contributed by atoms with E-state index >= 15 is 0 Å². The number of nitrogens with zero attached hydrogens (tertiary/aromatic N) is 2. The maximum Gasteiger partial charge on any atom is 0.195 e. The highest BCUT2D eigenvalue weighted by atomic mass is 35.5. The van der Waals surface area contributed by atoms with Gasteiger partial charge in [0.05, 0.1) is 5.02 Å². The normalized spacial score (nSPS) is 11.2. The first kappa shape index (κ1) is 13.2. The van der Waals surface area contributed by atoms with E-state index in [0.717, 1.165) is 0 Å². The van der Waals surface area contributed by atoms with Gasteiger partial charge in [-0.3, -0.25) is 9.67 Å². The molecule has 0 aliphatic heterocycles. The second kappa shape index (κ2) is 5.20. The number of aromatic nitrogens is 3. The van der Waals surface area contributed by atoms with Crippen molar-refractivity contribution in [1.29, 1.82) is 0 Å². The highest BCUT2D eigenvalue weighted by molar-refractivity contribution is 7.71. The van der Waals surface area contributed by atoms with Gasteiger partial charge in [0, 0.05) is 12.1 Å². The van der Waals surface area contributed by atoms with Crippen molar-refractivity contribution in [1.82, 2.24) is 14.8 Å². The van der Waals surface area contributed by atoms with Crippen LogP contribution in [0.25, 0.3) is 11.4 Å². The van der Waals surface area contributed by atoms with E-state index in [1.807, 2.05) is 4.57 Å². The average Bonchev–Trinajstić information content (AvgIpc) is 2.64. The fraction of sp³-hybridized carbons (Fsp3) is 0.333. The van der Waals surface area contributed by atoms with E-state index in [0.29, 0.717) is 28.6 Å². The minimum Gasteiger partial charge on any atom is -0.300 e. The van der Waals surface area contributed by atoms with E-state index in [4.69, 9.17) is 23.8 Å². The lowest BCUT2D eigenvalue weighted by Gasteiger charge is -2.10. The second-order valence-corrected chi connectivity index (χ2v) is 5.22. The van der Waals surface area contributed by atoms with E-state index in [2.05, 4.69) is 24.0 Å². The van der Waals surface area contributed by atoms with Crippen LogP contribution in [0.15, 0.2) is 18.2 Å². The number of nitrogens with one attached hydrogen (secondary N) is 1. The summed E-state index contributed by atoms with van der Waals surface area (Å²) in [5.41, 5.74) is 0.546. The maximum absolute atomic E-state index is 13.5. The minimum atomic E-state index is -0.459. The topological polar surface area (TPSA) is 33.6 Å². The highest BCUT2D eigenvalue weighted by Crippen LogP contribution is 2.28. The van der Waals surface area contributed by atoms with Crippen LogP contribution in [-0.4, -0.2) is 14.8 Å². The number of aromatic amines is 1. The Morgan fingerprint density at radius 2 is 2.22 bits per heavy atom. The van der Waals surface area contributed by atoms with Crippen LogP contribution in [0, 0.1) is 16.5 Å². The Labute approximate surface area is 115 Å². The Kier molecular flexibility index (Phi) is 3.82. The molecule has 0 aliphatic carbocycles. The number of H-pyrrole nitrogens is 1. The predicted molar refractivity (Wildman–Crippen MR) is 72.7 cm³/mol. The molecule has 1 N–H and O–H groups in total. The van der Waals surface area contributed by atoms with Crippen molar-refractivity contribution < 1.29 is 4.39 Å². The zero-order chi connectivity index (χ0) is 13.3. The fourth-order valence-electron chi connectivity index (χ4n) is 1.73. The zero-order valence-corrected chi connectivity index (χ0v) is 11.6. The summed E-state index contributed by atoms with van der Waals surface area (Å²) in [6, 6.07) is 4.65. The summed E-state index contributed by atoms with van der Waals surface area (Å²) in [6.45, 7) is 4.86. The van der Waals surface area contributed by atoms with E-state index < -0.39 is 5.82 Å². The maximum atomic E-state index is 13.5. The van der Waals surface area contributed by atoms with Crippen LogP contribution in [0.3, 0.4) is 0 Å². The lowest BCUT2D eigenvalue weighted by atomic mass is 10.2. The lowest BCUT2D eigenvalue weighted by Crippen LogP contribution is -2.06. The predicted octanol–water partition coefficient (Wildman–Crippen LogP) is 4.06. The van der Waals surface area contributed by atoms with Crippen molar-refractivity contribution in [3.05, 3.63) is 33.8 Å². The van der Waals surface area contributed by atoms with Crippen LogP contribution in [0.2, 0.25) is 5.02 Å². The molecule has 3 nitrogen and oxygen atoms in total. The molecular weight excluding hydrogens is 273 g/mol. The van der Waals surface area contributed by atoms with Crippen LogP contribution < -0.4 is 0 Å². The third-order valence-corrected chi connectivity index (χ3v) is 3.19. The molecule has 0 radical (unpaired) electrons. The van der Waals surface area contributed by atoms with Gasteiger partial charge in [0.15, 0.2) is 10.6 Å². The first-order valence-electron chi connectivity index (χ1n) is 5.60. The van der Waals surface area contributed by atoms with E-state index in [9.17, 15) is 4.39 Å². The van der Waals surface area contributed by atoms with Gasteiger partial charge in [-0.15, -0.1) is 0 Å². The first-order valence-corrected chi connectivity index (χ1v) is 6.39. The molecule has 0 saturated carbocycles. The molecule has 0 bridgehead atoms. The summed E-state index contributed by atoms with van der Waals surface area (Å²) >= 11 is 11.1. The third-order valence-electron chi connectivity index (χ3n) is 2.50. The van der Waals surface area contributed by atoms with Crippen LogP contribution >= 0.6 is 23.8 Å². The van der Waals surface area contributed by atoms with Gasteiger partial charge < -0.3 is 0 Å². The molecule has 2 aromatic rings. The van der Waals surface area contributed by atoms with Gasteiger partial charge >= 0.3 is 0 Å². The quantitative estimate of drug-likeness (QED) is 0.863. The molecule has 0 spiro atoms. The molecular formula is C12H13ClFN3S. The fourth-order valence-corrected chi connectivity index (χ4v) is 2.15. The van der Waals surface area contributed by atoms with Gasteiger partial charge in [0.1, 0.15) is 5.82 Å². The summed E-state index contributed by atoms with van der Waals surface area (Å²) in [5, 5.41) is 6.92. The smallest absolute Gasteiger partial charge is 0.195 e. The Bertz CT molecular complexity index is 618. The largest absolute Gasteiger partial charge is 0.300 e. The van der Waals surface area contributed by atoms with Crippen molar-refractivity contribution in [2.45, 2.75) is 20.4 Å². The van der Waals surface area contributed by atoms with Gasteiger partial charge in [-0.25, -0.2) is 4.39 Å². The van der Waals surface area contributed by atoms with Gasteiger partial charge in [-0.1, -0.05) is 31.5 Å². The van der Waals surface area contributed by atoms with Crippen LogP contribution in [0.1, 0.15) is 13.8 Å². The van der Waals surface area contributed by atoms with Crippen molar-refractivity contribution in [2.75, 3.05) is 0 Å². The van der Waals surface area contributed by atoms with Gasteiger partial charge in [0.25, 0.3) is 0 Å². The van der Waals surface area contributed by atoms with Crippen LogP contribution in [0.4, 0.5) is 4.39 Å².